The van der Waals surface area contributed by atoms with Gasteiger partial charge < -0.3 is 16.2 Å². The zero-order valence-electron chi connectivity index (χ0n) is 10.9. The number of rotatable bonds is 5. The van der Waals surface area contributed by atoms with Crippen LogP contribution in [-0.2, 0) is 9.59 Å². The lowest BCUT2D eigenvalue weighted by molar-refractivity contribution is -0.138. The maximum absolute atomic E-state index is 11.9. The van der Waals surface area contributed by atoms with Crippen molar-refractivity contribution in [1.82, 2.24) is 9.78 Å². The predicted molar refractivity (Wildman–Crippen MR) is 77.4 cm³/mol. The fourth-order valence-corrected chi connectivity index (χ4v) is 1.90. The van der Waals surface area contributed by atoms with E-state index in [1.54, 1.807) is 41.3 Å². The van der Waals surface area contributed by atoms with Crippen molar-refractivity contribution in [2.45, 2.75) is 12.5 Å². The Morgan fingerprint density at radius 3 is 2.86 bits per heavy atom. The molecule has 1 atom stereocenters. The van der Waals surface area contributed by atoms with Gasteiger partial charge in [0.05, 0.1) is 23.8 Å². The Kier molecular flexibility index (Phi) is 4.56. The second-order valence-corrected chi connectivity index (χ2v) is 4.74. The minimum Gasteiger partial charge on any atom is -0.481 e. The molecule has 1 aromatic carbocycles. The molecule has 0 aliphatic heterocycles. The van der Waals surface area contributed by atoms with E-state index in [1.807, 2.05) is 0 Å². The number of aliphatic carboxylic acids is 1. The fourth-order valence-electron chi connectivity index (χ4n) is 1.73. The highest BCUT2D eigenvalue weighted by Gasteiger charge is 2.18. The molecule has 21 heavy (non-hydrogen) atoms. The van der Waals surface area contributed by atoms with Crippen LogP contribution in [0.25, 0.3) is 5.69 Å². The quantitative estimate of drug-likeness (QED) is 0.770. The van der Waals surface area contributed by atoms with E-state index in [9.17, 15) is 9.59 Å². The van der Waals surface area contributed by atoms with Crippen LogP contribution < -0.4 is 11.1 Å². The topological polar surface area (TPSA) is 110 Å². The number of anilines is 1. The molecule has 0 aliphatic rings. The van der Waals surface area contributed by atoms with Crippen LogP contribution in [0.4, 0.5) is 5.69 Å². The number of hydrogen-bond donors (Lipinski definition) is 3. The zero-order valence-corrected chi connectivity index (χ0v) is 11.6. The summed E-state index contributed by atoms with van der Waals surface area (Å²) < 4.78 is 1.55. The van der Waals surface area contributed by atoms with Gasteiger partial charge in [0.25, 0.3) is 0 Å². The zero-order chi connectivity index (χ0) is 15.4. The normalized spacial score (nSPS) is 11.9. The number of hydrogen-bond acceptors (Lipinski definition) is 4. The summed E-state index contributed by atoms with van der Waals surface area (Å²) >= 11 is 5.92. The van der Waals surface area contributed by atoms with Gasteiger partial charge >= 0.3 is 5.97 Å². The first-order valence-corrected chi connectivity index (χ1v) is 6.43. The van der Waals surface area contributed by atoms with Crippen LogP contribution in [0.5, 0.6) is 0 Å². The highest BCUT2D eigenvalue weighted by Crippen LogP contribution is 2.24. The monoisotopic (exact) mass is 308 g/mol. The van der Waals surface area contributed by atoms with Crippen LogP contribution in [-0.4, -0.2) is 32.8 Å². The summed E-state index contributed by atoms with van der Waals surface area (Å²) in [5.74, 6) is -1.75. The molecule has 0 aliphatic carbocycles. The molecule has 2 rings (SSSR count). The lowest BCUT2D eigenvalue weighted by Gasteiger charge is -2.14. The van der Waals surface area contributed by atoms with E-state index in [2.05, 4.69) is 10.4 Å². The number of carboxylic acid groups (broad SMARTS) is 1. The van der Waals surface area contributed by atoms with Crippen LogP contribution >= 0.6 is 11.6 Å². The third-order valence-corrected chi connectivity index (χ3v) is 2.93. The molecule has 1 amide bonds. The number of nitrogens with zero attached hydrogens (tertiary/aromatic N) is 2. The van der Waals surface area contributed by atoms with Crippen LogP contribution in [0.3, 0.4) is 0 Å². The number of halogens is 1. The van der Waals surface area contributed by atoms with Gasteiger partial charge in [-0.2, -0.15) is 5.10 Å². The summed E-state index contributed by atoms with van der Waals surface area (Å²) in [7, 11) is 0. The lowest BCUT2D eigenvalue weighted by atomic mass is 10.2. The average molecular weight is 309 g/mol. The first-order chi connectivity index (χ1) is 9.97. The van der Waals surface area contributed by atoms with Crippen LogP contribution in [0.1, 0.15) is 6.42 Å². The van der Waals surface area contributed by atoms with Gasteiger partial charge in [-0.05, 0) is 24.3 Å². The number of nitrogens with two attached hydrogens (primary N) is 1. The van der Waals surface area contributed by atoms with E-state index >= 15 is 0 Å². The molecule has 1 heterocycles. The molecule has 0 saturated heterocycles. The van der Waals surface area contributed by atoms with Crippen molar-refractivity contribution in [2.75, 3.05) is 5.32 Å². The van der Waals surface area contributed by atoms with Gasteiger partial charge in [0.2, 0.25) is 5.91 Å². The summed E-state index contributed by atoms with van der Waals surface area (Å²) in [6.45, 7) is 0. The molecular formula is C13H13ClN4O3. The molecule has 2 aromatic rings. The lowest BCUT2D eigenvalue weighted by Crippen LogP contribution is -2.37. The molecule has 7 nitrogen and oxygen atoms in total. The van der Waals surface area contributed by atoms with E-state index in [0.29, 0.717) is 16.4 Å². The SMILES string of the molecule is NC(CC(=O)O)C(=O)Nc1cc(Cl)ccc1-n1cccn1. The summed E-state index contributed by atoms with van der Waals surface area (Å²) in [5.41, 5.74) is 6.52. The Hall–Kier alpha value is -2.38. The number of nitrogens with one attached hydrogen (secondary N) is 1. The smallest absolute Gasteiger partial charge is 0.305 e. The van der Waals surface area contributed by atoms with Gasteiger partial charge in [-0.3, -0.25) is 9.59 Å². The first kappa shape index (κ1) is 15.0. The van der Waals surface area contributed by atoms with E-state index in [1.165, 1.54) is 0 Å². The number of amides is 1. The van der Waals surface area contributed by atoms with Gasteiger partial charge in [0, 0.05) is 17.4 Å². The average Bonchev–Trinajstić information content (AvgIpc) is 2.91. The van der Waals surface area contributed by atoms with Crippen molar-refractivity contribution in [2.24, 2.45) is 5.73 Å². The maximum atomic E-state index is 11.9. The predicted octanol–water partition coefficient (Wildman–Crippen LogP) is 1.27. The first-order valence-electron chi connectivity index (χ1n) is 6.05. The molecule has 8 heteroatoms. The van der Waals surface area contributed by atoms with Crippen LogP contribution in [0, 0.1) is 0 Å². The minimum atomic E-state index is -1.15. The van der Waals surface area contributed by atoms with Gasteiger partial charge in [-0.1, -0.05) is 11.6 Å². The summed E-state index contributed by atoms with van der Waals surface area (Å²) in [5, 5.41) is 15.7. The van der Waals surface area contributed by atoms with E-state index in [4.69, 9.17) is 22.4 Å². The molecule has 1 aromatic heterocycles. The van der Waals surface area contributed by atoms with Gasteiger partial charge in [0.1, 0.15) is 0 Å². The number of carbonyl (C=O) groups excluding carboxylic acids is 1. The van der Waals surface area contributed by atoms with Crippen molar-refractivity contribution in [3.8, 4) is 5.69 Å². The molecule has 0 fully saturated rings. The van der Waals surface area contributed by atoms with Gasteiger partial charge in [0.15, 0.2) is 0 Å². The van der Waals surface area contributed by atoms with Crippen LogP contribution in [0.2, 0.25) is 5.02 Å². The van der Waals surface area contributed by atoms with Crippen molar-refractivity contribution in [1.29, 1.82) is 0 Å². The van der Waals surface area contributed by atoms with Crippen molar-refractivity contribution in [3.63, 3.8) is 0 Å². The number of carboxylic acids is 1. The molecular weight excluding hydrogens is 296 g/mol. The Balaban J connectivity index is 2.25. The van der Waals surface area contributed by atoms with Crippen LogP contribution in [0.15, 0.2) is 36.7 Å². The molecule has 0 radical (unpaired) electrons. The standard InChI is InChI=1S/C13H13ClN4O3/c14-8-2-3-11(18-5-1-4-16-18)10(6-8)17-13(21)9(15)7-12(19)20/h1-6,9H,7,15H2,(H,17,21)(H,19,20). The number of benzene rings is 1. The number of carbonyl (C=O) groups is 2. The van der Waals surface area contributed by atoms with E-state index in [-0.39, 0.29) is 0 Å². The van der Waals surface area contributed by atoms with Gasteiger partial charge in [-0.25, -0.2) is 4.68 Å². The largest absolute Gasteiger partial charge is 0.481 e. The summed E-state index contributed by atoms with van der Waals surface area (Å²) in [6.07, 6.45) is 2.84. The Morgan fingerprint density at radius 1 is 1.48 bits per heavy atom. The highest BCUT2D eigenvalue weighted by molar-refractivity contribution is 6.31. The second kappa shape index (κ2) is 6.38. The maximum Gasteiger partial charge on any atom is 0.305 e. The summed E-state index contributed by atoms with van der Waals surface area (Å²) in [6, 6.07) is 5.48. The fraction of sp³-hybridized carbons (Fsp3) is 0.154. The molecule has 1 unspecified atom stereocenters. The third-order valence-electron chi connectivity index (χ3n) is 2.70. The second-order valence-electron chi connectivity index (χ2n) is 4.31. The Labute approximate surface area is 125 Å². The van der Waals surface area contributed by atoms with E-state index in [0.717, 1.165) is 0 Å². The minimum absolute atomic E-state index is 0.400. The summed E-state index contributed by atoms with van der Waals surface area (Å²) in [4.78, 5) is 22.5. The molecule has 0 saturated carbocycles. The highest BCUT2D eigenvalue weighted by atomic mass is 35.5. The molecule has 110 valence electrons. The molecule has 4 N–H and O–H groups in total. The van der Waals surface area contributed by atoms with E-state index < -0.39 is 24.3 Å². The van der Waals surface area contributed by atoms with Gasteiger partial charge in [-0.15, -0.1) is 0 Å². The third kappa shape index (κ3) is 3.80. The molecule has 0 bridgehead atoms. The number of aromatic nitrogens is 2. The van der Waals surface area contributed by atoms with Crippen molar-refractivity contribution in [3.05, 3.63) is 41.7 Å². The molecule has 0 spiro atoms. The van der Waals surface area contributed by atoms with Crippen molar-refractivity contribution >= 4 is 29.2 Å². The Morgan fingerprint density at radius 2 is 2.24 bits per heavy atom. The van der Waals surface area contributed by atoms with Crippen molar-refractivity contribution < 1.29 is 14.7 Å². The Bertz CT molecular complexity index is 657.